The van der Waals surface area contributed by atoms with Gasteiger partial charge in [-0.1, -0.05) is 38.2 Å². The molecule has 0 unspecified atom stereocenters. The predicted octanol–water partition coefficient (Wildman–Crippen LogP) is 7.90. The van der Waals surface area contributed by atoms with Gasteiger partial charge in [-0.15, -0.1) is 0 Å². The maximum Gasteiger partial charge on any atom is 0.306 e. The minimum Gasteiger partial charge on any atom is -0.466 e. The van der Waals surface area contributed by atoms with Gasteiger partial charge >= 0.3 is 29.8 Å². The molecule has 1 N–H and O–H groups in total. The number of ether oxygens (including phenoxy) is 5. The van der Waals surface area contributed by atoms with Gasteiger partial charge in [-0.2, -0.15) is 0 Å². The second-order valence-electron chi connectivity index (χ2n) is 16.1. The summed E-state index contributed by atoms with van der Waals surface area (Å²) in [7, 11) is 0. The molecule has 0 heterocycles. The maximum absolute atomic E-state index is 13.3. The molecule has 4 bridgehead atoms. The number of rotatable bonds is 29. The van der Waals surface area contributed by atoms with Crippen molar-refractivity contribution in [3.8, 4) is 0 Å². The lowest BCUT2D eigenvalue weighted by Crippen LogP contribution is -2.47. The number of unbranched alkanes of at least 4 members (excludes halogenated alkanes) is 4. The van der Waals surface area contributed by atoms with Crippen molar-refractivity contribution in [3.63, 3.8) is 0 Å². The van der Waals surface area contributed by atoms with Crippen molar-refractivity contribution in [3.05, 3.63) is 24.3 Å². The molecule has 0 radical (unpaired) electrons. The molecule has 0 amide bonds. The monoisotopic (exact) mass is 760 g/mol. The molecular formula is C43H68O11. The molecule has 4 aliphatic carbocycles. The molecule has 0 saturated heterocycles. The fourth-order valence-electron chi connectivity index (χ4n) is 8.54. The first-order valence-corrected chi connectivity index (χ1v) is 20.8. The summed E-state index contributed by atoms with van der Waals surface area (Å²) in [6.07, 6.45) is 23.5. The fraction of sp³-hybridized carbons (Fsp3) is 0.791. The van der Waals surface area contributed by atoms with Gasteiger partial charge in [0.2, 0.25) is 0 Å². The molecule has 0 spiro atoms. The molecular weight excluding hydrogens is 692 g/mol. The average molecular weight is 761 g/mol. The Hall–Kier alpha value is -3.21. The Labute approximate surface area is 323 Å². The molecule has 0 aromatic heterocycles. The number of hydrogen-bond acceptors (Lipinski definition) is 11. The average Bonchev–Trinajstić information content (AvgIpc) is 3.13. The molecule has 0 aliphatic heterocycles. The van der Waals surface area contributed by atoms with Crippen LogP contribution in [0.15, 0.2) is 24.3 Å². The van der Waals surface area contributed by atoms with Crippen molar-refractivity contribution in [2.24, 2.45) is 28.6 Å². The summed E-state index contributed by atoms with van der Waals surface area (Å²) in [6, 6.07) is 0. The summed E-state index contributed by atoms with van der Waals surface area (Å²) in [5, 5.41) is 10.5. The molecule has 11 nitrogen and oxygen atoms in total. The highest BCUT2D eigenvalue weighted by Gasteiger charge is 2.52. The van der Waals surface area contributed by atoms with Crippen molar-refractivity contribution in [2.75, 3.05) is 39.6 Å². The van der Waals surface area contributed by atoms with E-state index in [9.17, 15) is 29.1 Å². The van der Waals surface area contributed by atoms with Crippen molar-refractivity contribution >= 4 is 29.8 Å². The Balaban J connectivity index is 1.44. The van der Waals surface area contributed by atoms with E-state index in [0.29, 0.717) is 37.4 Å². The smallest absolute Gasteiger partial charge is 0.306 e. The SMILES string of the molecule is CC/C=C\CCCCOC(=O)CCCC(=O)OCC(CO)(COC(=O)CCCC(=O)OCCCC/C=C\CC)COC(=O)CC12CC3CC(CC(C3)C1)C2. The van der Waals surface area contributed by atoms with E-state index in [2.05, 4.69) is 38.2 Å². The summed E-state index contributed by atoms with van der Waals surface area (Å²) < 4.78 is 27.3. The lowest BCUT2D eigenvalue weighted by molar-refractivity contribution is -0.168. The summed E-state index contributed by atoms with van der Waals surface area (Å²) >= 11 is 0. The predicted molar refractivity (Wildman–Crippen MR) is 204 cm³/mol. The van der Waals surface area contributed by atoms with Crippen molar-refractivity contribution in [1.29, 1.82) is 0 Å². The van der Waals surface area contributed by atoms with E-state index in [1.165, 1.54) is 19.3 Å². The third-order valence-corrected chi connectivity index (χ3v) is 11.0. The number of hydrogen-bond donors (Lipinski definition) is 1. The van der Waals surface area contributed by atoms with E-state index in [4.69, 9.17) is 23.7 Å². The molecule has 306 valence electrons. The lowest BCUT2D eigenvalue weighted by atomic mass is 9.49. The highest BCUT2D eigenvalue weighted by atomic mass is 16.6. The standard InChI is InChI=1S/C43H68O11/c1-3-5-7-9-11-13-21-50-37(45)17-15-19-39(47)52-31-43(30-44,32-53-40(48)20-16-18-38(46)51-22-14-12-10-8-6-4-2)33-54-41(49)29-42-26-34-23-35(27-42)25-36(24-34)28-42/h5-8,34-36,44H,3-4,9-33H2,1-2H3/b7-5-,8-6-. The summed E-state index contributed by atoms with van der Waals surface area (Å²) in [4.78, 5) is 62.9. The van der Waals surface area contributed by atoms with Crippen molar-refractivity contribution < 1.29 is 52.8 Å². The van der Waals surface area contributed by atoms with Crippen molar-refractivity contribution in [2.45, 2.75) is 149 Å². The van der Waals surface area contributed by atoms with E-state index < -0.39 is 24.0 Å². The van der Waals surface area contributed by atoms with Crippen LogP contribution in [0, 0.1) is 28.6 Å². The van der Waals surface area contributed by atoms with Crippen LogP contribution in [-0.4, -0.2) is 74.6 Å². The first-order valence-electron chi connectivity index (χ1n) is 20.8. The van der Waals surface area contributed by atoms with Crippen LogP contribution < -0.4 is 0 Å². The van der Waals surface area contributed by atoms with Gasteiger partial charge in [0.25, 0.3) is 0 Å². The number of allylic oxidation sites excluding steroid dienone is 4. The van der Waals surface area contributed by atoms with E-state index in [0.717, 1.165) is 70.6 Å². The highest BCUT2D eigenvalue weighted by molar-refractivity contribution is 5.73. The molecule has 4 rings (SSSR count). The van der Waals surface area contributed by atoms with Gasteiger partial charge in [-0.05, 0) is 126 Å². The van der Waals surface area contributed by atoms with E-state index in [1.54, 1.807) is 0 Å². The number of aliphatic hydroxyl groups excluding tert-OH is 1. The van der Waals surface area contributed by atoms with Crippen molar-refractivity contribution in [1.82, 2.24) is 0 Å². The van der Waals surface area contributed by atoms with Gasteiger partial charge in [0.1, 0.15) is 19.8 Å². The van der Waals surface area contributed by atoms with Crippen LogP contribution in [0.3, 0.4) is 0 Å². The fourth-order valence-corrected chi connectivity index (χ4v) is 8.54. The number of carbonyl (C=O) groups excluding carboxylic acids is 5. The van der Waals surface area contributed by atoms with Gasteiger partial charge in [0, 0.05) is 25.7 Å². The number of carbonyl (C=O) groups is 5. The Kier molecular flexibility index (Phi) is 21.0. The Morgan fingerprint density at radius 1 is 0.556 bits per heavy atom. The number of aliphatic hydroxyl groups is 1. The van der Waals surface area contributed by atoms with Gasteiger partial charge < -0.3 is 28.8 Å². The van der Waals surface area contributed by atoms with Gasteiger partial charge in [0.05, 0.1) is 31.7 Å². The zero-order chi connectivity index (χ0) is 39.1. The van der Waals surface area contributed by atoms with Crippen LogP contribution in [0.1, 0.15) is 149 Å². The summed E-state index contributed by atoms with van der Waals surface area (Å²) in [6.45, 7) is 3.27. The first-order chi connectivity index (χ1) is 26.1. The molecule has 0 atom stereocenters. The molecule has 4 aliphatic rings. The summed E-state index contributed by atoms with van der Waals surface area (Å²) in [5.41, 5.74) is -1.41. The molecule has 11 heteroatoms. The van der Waals surface area contributed by atoms with Crippen LogP contribution in [0.5, 0.6) is 0 Å². The lowest BCUT2D eigenvalue weighted by Gasteiger charge is -2.56. The third kappa shape index (κ3) is 17.5. The Bertz CT molecular complexity index is 1130. The first kappa shape index (κ1) is 45.2. The zero-order valence-electron chi connectivity index (χ0n) is 33.2. The normalized spacial score (nSPS) is 21.7. The van der Waals surface area contributed by atoms with E-state index in [1.807, 2.05) is 0 Å². The molecule has 0 aromatic carbocycles. The van der Waals surface area contributed by atoms with E-state index >= 15 is 0 Å². The molecule has 4 saturated carbocycles. The largest absolute Gasteiger partial charge is 0.466 e. The Morgan fingerprint density at radius 2 is 0.944 bits per heavy atom. The van der Waals surface area contributed by atoms with Crippen LogP contribution in [0.2, 0.25) is 0 Å². The van der Waals surface area contributed by atoms with Gasteiger partial charge in [-0.25, -0.2) is 0 Å². The summed E-state index contributed by atoms with van der Waals surface area (Å²) in [5.74, 6) is -0.260. The third-order valence-electron chi connectivity index (χ3n) is 11.0. The molecule has 4 fully saturated rings. The van der Waals surface area contributed by atoms with Crippen LogP contribution in [0.4, 0.5) is 0 Å². The minimum atomic E-state index is -1.38. The number of esters is 5. The van der Waals surface area contributed by atoms with Gasteiger partial charge in [0.15, 0.2) is 0 Å². The van der Waals surface area contributed by atoms with Crippen LogP contribution in [0.25, 0.3) is 0 Å². The minimum absolute atomic E-state index is 0.0348. The quantitative estimate of drug-likeness (QED) is 0.0343. The topological polar surface area (TPSA) is 152 Å². The van der Waals surface area contributed by atoms with Crippen LogP contribution in [-0.2, 0) is 47.7 Å². The Morgan fingerprint density at radius 3 is 1.33 bits per heavy atom. The van der Waals surface area contributed by atoms with Gasteiger partial charge in [-0.3, -0.25) is 24.0 Å². The highest BCUT2D eigenvalue weighted by Crippen LogP contribution is 2.61. The second-order valence-corrected chi connectivity index (χ2v) is 16.1. The van der Waals surface area contributed by atoms with E-state index in [-0.39, 0.29) is 81.7 Å². The molecule has 0 aromatic rings. The zero-order valence-corrected chi connectivity index (χ0v) is 33.2. The maximum atomic E-state index is 13.3. The second kappa shape index (κ2) is 25.0. The van der Waals surface area contributed by atoms with Crippen LogP contribution >= 0.6 is 0 Å². The molecule has 54 heavy (non-hydrogen) atoms.